The third kappa shape index (κ3) is 4.14. The van der Waals surface area contributed by atoms with Gasteiger partial charge in [0.1, 0.15) is 0 Å². The number of ether oxygens (including phenoxy) is 1. The number of rotatable bonds is 9. The molecule has 146 valence electrons. The van der Waals surface area contributed by atoms with E-state index in [9.17, 15) is 10.2 Å². The summed E-state index contributed by atoms with van der Waals surface area (Å²) in [4.78, 5) is 2.09. The van der Waals surface area contributed by atoms with Crippen LogP contribution in [0.4, 0.5) is 0 Å². The third-order valence-electron chi connectivity index (χ3n) is 6.73. The zero-order chi connectivity index (χ0) is 18.8. The lowest BCUT2D eigenvalue weighted by Gasteiger charge is -2.42. The molecule has 0 spiro atoms. The van der Waals surface area contributed by atoms with Gasteiger partial charge in [0, 0.05) is 19.6 Å². The van der Waals surface area contributed by atoms with E-state index < -0.39 is 6.10 Å². The molecule has 0 aliphatic heterocycles. The van der Waals surface area contributed by atoms with Gasteiger partial charge < -0.3 is 14.9 Å². The minimum Gasteiger partial charge on any atom is -0.395 e. The van der Waals surface area contributed by atoms with Crippen LogP contribution in [-0.4, -0.2) is 53.6 Å². The molecule has 2 N–H and O–H groups in total. The van der Waals surface area contributed by atoms with Crippen LogP contribution in [0.15, 0.2) is 30.3 Å². The topological polar surface area (TPSA) is 52.9 Å². The molecular formula is C22H35NO3. The van der Waals surface area contributed by atoms with Crippen LogP contribution in [0.2, 0.25) is 0 Å². The maximum atomic E-state index is 10.6. The Kier molecular flexibility index (Phi) is 6.07. The number of aliphatic hydroxyl groups excluding tert-OH is 2. The molecule has 4 nitrogen and oxygen atoms in total. The van der Waals surface area contributed by atoms with Crippen molar-refractivity contribution in [3.05, 3.63) is 35.9 Å². The molecule has 2 aliphatic rings. The molecule has 4 atom stereocenters. The highest BCUT2D eigenvalue weighted by Crippen LogP contribution is 2.63. The number of aliphatic hydroxyl groups is 2. The molecule has 2 aliphatic carbocycles. The van der Waals surface area contributed by atoms with E-state index in [1.165, 1.54) is 24.8 Å². The molecule has 1 aromatic rings. The van der Waals surface area contributed by atoms with E-state index >= 15 is 0 Å². The number of fused-ring (bicyclic) bond motifs is 2. The van der Waals surface area contributed by atoms with Crippen molar-refractivity contribution in [3.8, 4) is 0 Å². The van der Waals surface area contributed by atoms with E-state index in [-0.39, 0.29) is 23.5 Å². The fourth-order valence-electron chi connectivity index (χ4n) is 5.45. The minimum atomic E-state index is -0.538. The van der Waals surface area contributed by atoms with Gasteiger partial charge in [0.25, 0.3) is 0 Å². The predicted molar refractivity (Wildman–Crippen MR) is 104 cm³/mol. The van der Waals surface area contributed by atoms with Crippen LogP contribution in [-0.2, 0) is 11.3 Å². The Morgan fingerprint density at radius 3 is 2.58 bits per heavy atom. The molecule has 4 heteroatoms. The van der Waals surface area contributed by atoms with Crippen LogP contribution >= 0.6 is 0 Å². The molecule has 0 saturated heterocycles. The lowest BCUT2D eigenvalue weighted by molar-refractivity contribution is -0.113. The summed E-state index contributed by atoms with van der Waals surface area (Å²) in [6, 6.07) is 10.2. The van der Waals surface area contributed by atoms with Gasteiger partial charge in [0.05, 0.1) is 25.4 Å². The van der Waals surface area contributed by atoms with Crippen molar-refractivity contribution in [1.82, 2.24) is 4.90 Å². The number of hydrogen-bond donors (Lipinski definition) is 2. The molecule has 1 aromatic carbocycles. The van der Waals surface area contributed by atoms with Gasteiger partial charge in [-0.1, -0.05) is 51.1 Å². The van der Waals surface area contributed by atoms with Crippen molar-refractivity contribution in [1.29, 1.82) is 0 Å². The fourth-order valence-corrected chi connectivity index (χ4v) is 5.45. The van der Waals surface area contributed by atoms with Gasteiger partial charge in [-0.05, 0) is 41.6 Å². The van der Waals surface area contributed by atoms with Gasteiger partial charge >= 0.3 is 0 Å². The summed E-state index contributed by atoms with van der Waals surface area (Å²) in [5.74, 6) is 0.749. The van der Waals surface area contributed by atoms with Gasteiger partial charge in [-0.25, -0.2) is 0 Å². The molecule has 2 bridgehead atoms. The first-order valence-electron chi connectivity index (χ1n) is 10.0. The molecule has 2 saturated carbocycles. The molecule has 0 unspecified atom stereocenters. The first-order valence-corrected chi connectivity index (χ1v) is 10.0. The zero-order valence-electron chi connectivity index (χ0n) is 16.5. The highest BCUT2D eigenvalue weighted by Gasteiger charge is 2.60. The zero-order valence-corrected chi connectivity index (χ0v) is 16.5. The second-order valence-electron chi connectivity index (χ2n) is 9.23. The monoisotopic (exact) mass is 361 g/mol. The Hall–Kier alpha value is -0.940. The summed E-state index contributed by atoms with van der Waals surface area (Å²) in [7, 11) is 0. The molecule has 3 rings (SSSR count). The lowest BCUT2D eigenvalue weighted by atomic mass is 9.70. The van der Waals surface area contributed by atoms with E-state index in [4.69, 9.17) is 4.74 Å². The normalized spacial score (nSPS) is 30.8. The Balaban J connectivity index is 1.53. The van der Waals surface area contributed by atoms with Gasteiger partial charge in [-0.3, -0.25) is 4.90 Å². The smallest absolute Gasteiger partial charge is 0.0900 e. The van der Waals surface area contributed by atoms with Crippen LogP contribution in [0.1, 0.15) is 45.6 Å². The van der Waals surface area contributed by atoms with Crippen molar-refractivity contribution < 1.29 is 14.9 Å². The van der Waals surface area contributed by atoms with Crippen LogP contribution < -0.4 is 0 Å². The highest BCUT2D eigenvalue weighted by molar-refractivity contribution is 5.14. The first kappa shape index (κ1) is 19.8. The summed E-state index contributed by atoms with van der Waals surface area (Å²) >= 11 is 0. The van der Waals surface area contributed by atoms with Crippen LogP contribution in [0.3, 0.4) is 0 Å². The largest absolute Gasteiger partial charge is 0.395 e. The quantitative estimate of drug-likeness (QED) is 0.710. The van der Waals surface area contributed by atoms with Gasteiger partial charge in [0.2, 0.25) is 0 Å². The lowest BCUT2D eigenvalue weighted by Crippen LogP contribution is -2.45. The van der Waals surface area contributed by atoms with Crippen molar-refractivity contribution in [2.24, 2.45) is 16.7 Å². The van der Waals surface area contributed by atoms with Crippen LogP contribution in [0.5, 0.6) is 0 Å². The fraction of sp³-hybridized carbons (Fsp3) is 0.727. The second kappa shape index (κ2) is 7.97. The van der Waals surface area contributed by atoms with E-state index in [1.54, 1.807) is 0 Å². The summed E-state index contributed by atoms with van der Waals surface area (Å²) in [6.45, 7) is 9.27. The molecule has 0 heterocycles. The number of benzene rings is 1. The number of nitrogens with zero attached hydrogens (tertiary/aromatic N) is 1. The Morgan fingerprint density at radius 2 is 1.96 bits per heavy atom. The Morgan fingerprint density at radius 1 is 1.23 bits per heavy atom. The molecular weight excluding hydrogens is 326 g/mol. The summed E-state index contributed by atoms with van der Waals surface area (Å²) in [6.07, 6.45) is 3.50. The predicted octanol–water partition coefficient (Wildman–Crippen LogP) is 3.07. The minimum absolute atomic E-state index is 0.0931. The van der Waals surface area contributed by atoms with Gasteiger partial charge in [-0.2, -0.15) is 0 Å². The standard InChI is InChI=1S/C22H35NO3/c1-21(2)18-9-10-22(3,13-18)20(21)26-16-19(25)15-23(11-12-24)14-17-7-5-4-6-8-17/h4-8,18-20,24-25H,9-16H2,1-3H3/t18-,19+,20-,22+/m0/s1. The number of hydrogen-bond acceptors (Lipinski definition) is 4. The molecule has 2 fully saturated rings. The van der Waals surface area contributed by atoms with Gasteiger partial charge in [-0.15, -0.1) is 0 Å². The van der Waals surface area contributed by atoms with Crippen molar-refractivity contribution in [2.75, 3.05) is 26.3 Å². The van der Waals surface area contributed by atoms with E-state index in [1.807, 2.05) is 18.2 Å². The Bertz CT molecular complexity index is 571. The summed E-state index contributed by atoms with van der Waals surface area (Å²) < 4.78 is 6.31. The molecule has 0 radical (unpaired) electrons. The van der Waals surface area contributed by atoms with Crippen molar-refractivity contribution in [3.63, 3.8) is 0 Å². The van der Waals surface area contributed by atoms with E-state index in [0.29, 0.717) is 19.7 Å². The summed E-state index contributed by atoms with van der Waals surface area (Å²) in [5, 5.41) is 19.9. The highest BCUT2D eigenvalue weighted by atomic mass is 16.5. The van der Waals surface area contributed by atoms with Gasteiger partial charge in [0.15, 0.2) is 0 Å². The summed E-state index contributed by atoms with van der Waals surface area (Å²) in [5.41, 5.74) is 1.65. The Labute approximate surface area is 158 Å². The molecule has 26 heavy (non-hydrogen) atoms. The average Bonchev–Trinajstić information content (AvgIpc) is 3.06. The SMILES string of the molecule is CC1(C)[C@H]2CC[C@](C)(C2)[C@H]1OC[C@H](O)CN(CCO)Cc1ccccc1. The maximum Gasteiger partial charge on any atom is 0.0900 e. The van der Waals surface area contributed by atoms with Crippen molar-refractivity contribution >= 4 is 0 Å². The van der Waals surface area contributed by atoms with Crippen LogP contribution in [0, 0.1) is 16.7 Å². The average molecular weight is 362 g/mol. The third-order valence-corrected chi connectivity index (χ3v) is 6.73. The first-order chi connectivity index (χ1) is 12.3. The molecule has 0 aromatic heterocycles. The van der Waals surface area contributed by atoms with Crippen LogP contribution in [0.25, 0.3) is 0 Å². The maximum absolute atomic E-state index is 10.6. The molecule has 0 amide bonds. The van der Waals surface area contributed by atoms with E-state index in [2.05, 4.69) is 37.8 Å². The van der Waals surface area contributed by atoms with Crippen molar-refractivity contribution in [2.45, 2.75) is 58.8 Å². The van der Waals surface area contributed by atoms with E-state index in [0.717, 1.165) is 12.5 Å². The second-order valence-corrected chi connectivity index (χ2v) is 9.23.